The molecule has 204 valence electrons. The zero-order valence-corrected chi connectivity index (χ0v) is 22.8. The van der Waals surface area contributed by atoms with E-state index in [0.29, 0.717) is 34.2 Å². The van der Waals surface area contributed by atoms with E-state index in [0.717, 1.165) is 30.8 Å². The number of carboxylic acids is 1. The number of fused-ring (bicyclic) bond motifs is 2. The number of amides is 3. The summed E-state index contributed by atoms with van der Waals surface area (Å²) in [5.74, 6) is -1.11. The Hall–Kier alpha value is -3.17. The fourth-order valence-corrected chi connectivity index (χ4v) is 7.90. The van der Waals surface area contributed by atoms with Crippen molar-refractivity contribution in [3.05, 3.63) is 22.3 Å². The number of hydrogen-bond donors (Lipinski definition) is 4. The van der Waals surface area contributed by atoms with Gasteiger partial charge in [0.15, 0.2) is 10.8 Å². The number of hydrogen-bond acceptors (Lipinski definition) is 10. The minimum atomic E-state index is -1.17. The first-order valence-electron chi connectivity index (χ1n) is 12.2. The quantitative estimate of drug-likeness (QED) is 0.137. The molecule has 4 unspecified atom stereocenters. The number of rotatable bonds is 8. The standard InChI is InChI=1S/C23H29N7O6S2/c1-25-18(31)14-11-4-5-30(2,7-12(11)14)6-10-8-37-21-16(20(33)29(21)17(10)22(34)35)27-19(32)15(28-36-3)13-9-38-23(24)26-13/h9,11-12,14,16,21H,4-8H2,1-3H3,(H4-,24,25,26,27,31,32,34,35)/p+1/b28-15-/t11?,12?,14?,16-,21+,30?/m1/s1. The molecule has 5 rings (SSSR count). The summed E-state index contributed by atoms with van der Waals surface area (Å²) in [4.78, 5) is 60.7. The molecule has 4 aliphatic rings. The molecule has 3 fully saturated rings. The largest absolute Gasteiger partial charge is 0.477 e. The number of carboxylic acid groups (broad SMARTS) is 1. The summed E-state index contributed by atoms with van der Waals surface area (Å²) in [5, 5.41) is 20.5. The molecule has 6 atom stereocenters. The van der Waals surface area contributed by atoms with Gasteiger partial charge in [0.1, 0.15) is 36.5 Å². The Bertz CT molecular complexity index is 1260. The first-order valence-corrected chi connectivity index (χ1v) is 14.1. The smallest absolute Gasteiger partial charge is 0.352 e. The number of carbonyl (C=O) groups is 4. The number of nitrogen functional groups attached to an aromatic ring is 1. The number of anilines is 1. The van der Waals surface area contributed by atoms with Crippen LogP contribution in [0.2, 0.25) is 0 Å². The SMILES string of the molecule is CNC(=O)C1C2CC[N+](C)(CC3=C(C(=O)O)N4C(=O)[C@@H](NC(=O)/C(=N\OC)c5csc(N)n5)[C@@H]4SC3)CC21. The first-order chi connectivity index (χ1) is 18.1. The number of piperidine rings is 1. The predicted octanol–water partition coefficient (Wildman–Crippen LogP) is -0.727. The maximum atomic E-state index is 13.1. The van der Waals surface area contributed by atoms with E-state index in [1.54, 1.807) is 12.4 Å². The lowest BCUT2D eigenvalue weighted by molar-refractivity contribution is -0.910. The lowest BCUT2D eigenvalue weighted by Gasteiger charge is -2.50. The Morgan fingerprint density at radius 1 is 1.37 bits per heavy atom. The zero-order chi connectivity index (χ0) is 27.4. The Labute approximate surface area is 227 Å². The highest BCUT2D eigenvalue weighted by Crippen LogP contribution is 2.53. The monoisotopic (exact) mass is 564 g/mol. The fourth-order valence-electron chi connectivity index (χ4n) is 6.02. The van der Waals surface area contributed by atoms with Crippen LogP contribution in [0, 0.1) is 17.8 Å². The average molecular weight is 565 g/mol. The highest BCUT2D eigenvalue weighted by molar-refractivity contribution is 8.00. The van der Waals surface area contributed by atoms with Crippen molar-refractivity contribution in [2.75, 3.05) is 52.3 Å². The molecule has 0 radical (unpaired) electrons. The van der Waals surface area contributed by atoms with Crippen molar-refractivity contribution in [2.24, 2.45) is 22.9 Å². The van der Waals surface area contributed by atoms with Crippen molar-refractivity contribution in [3.8, 4) is 0 Å². The van der Waals surface area contributed by atoms with Gasteiger partial charge >= 0.3 is 5.97 Å². The molecule has 1 aliphatic carbocycles. The van der Waals surface area contributed by atoms with E-state index in [1.807, 2.05) is 0 Å². The van der Waals surface area contributed by atoms with E-state index in [1.165, 1.54) is 23.8 Å². The van der Waals surface area contributed by atoms with Gasteiger partial charge in [-0.25, -0.2) is 9.78 Å². The third-order valence-corrected chi connectivity index (χ3v) is 9.82. The van der Waals surface area contributed by atoms with Crippen molar-refractivity contribution in [3.63, 3.8) is 0 Å². The van der Waals surface area contributed by atoms with E-state index in [4.69, 9.17) is 10.6 Å². The molecule has 4 heterocycles. The first kappa shape index (κ1) is 26.4. The second-order valence-electron chi connectivity index (χ2n) is 10.3. The summed E-state index contributed by atoms with van der Waals surface area (Å²) in [6.07, 6.45) is 0.914. The lowest BCUT2D eigenvalue weighted by atomic mass is 10.0. The van der Waals surface area contributed by atoms with Gasteiger partial charge in [-0.1, -0.05) is 5.16 Å². The number of nitrogens with one attached hydrogen (secondary N) is 2. The Morgan fingerprint density at radius 3 is 2.76 bits per heavy atom. The molecule has 0 bridgehead atoms. The zero-order valence-electron chi connectivity index (χ0n) is 21.2. The number of thiazole rings is 1. The normalized spacial score (nSPS) is 32.1. The van der Waals surface area contributed by atoms with Crippen LogP contribution in [-0.4, -0.2) is 107 Å². The molecule has 3 aliphatic heterocycles. The van der Waals surface area contributed by atoms with Crippen LogP contribution in [0.3, 0.4) is 0 Å². The minimum Gasteiger partial charge on any atom is -0.477 e. The van der Waals surface area contributed by atoms with E-state index in [-0.39, 0.29) is 34.1 Å². The van der Waals surface area contributed by atoms with E-state index in [2.05, 4.69) is 27.8 Å². The number of oxime groups is 1. The number of aliphatic carboxylic acids is 1. The molecule has 1 aromatic heterocycles. The van der Waals surface area contributed by atoms with Crippen LogP contribution in [0.15, 0.2) is 21.8 Å². The summed E-state index contributed by atoms with van der Waals surface area (Å²) >= 11 is 2.55. The maximum absolute atomic E-state index is 13.1. The van der Waals surface area contributed by atoms with Gasteiger partial charge in [0.05, 0.1) is 20.1 Å². The molecule has 38 heavy (non-hydrogen) atoms. The van der Waals surface area contributed by atoms with Gasteiger partial charge in [0, 0.05) is 42.0 Å². The third-order valence-electron chi connectivity index (χ3n) is 7.81. The van der Waals surface area contributed by atoms with Gasteiger partial charge in [0.25, 0.3) is 11.8 Å². The van der Waals surface area contributed by atoms with Crippen molar-refractivity contribution < 1.29 is 33.6 Å². The van der Waals surface area contributed by atoms with Crippen LogP contribution >= 0.6 is 23.1 Å². The van der Waals surface area contributed by atoms with Gasteiger partial charge in [-0.3, -0.25) is 19.3 Å². The fraction of sp³-hybridized carbons (Fsp3) is 0.565. The predicted molar refractivity (Wildman–Crippen MR) is 140 cm³/mol. The van der Waals surface area contributed by atoms with Gasteiger partial charge in [0.2, 0.25) is 5.91 Å². The highest BCUT2D eigenvalue weighted by atomic mass is 32.2. The van der Waals surface area contributed by atoms with E-state index < -0.39 is 29.2 Å². The number of aromatic nitrogens is 1. The molecule has 13 nitrogen and oxygen atoms in total. The third kappa shape index (κ3) is 4.52. The van der Waals surface area contributed by atoms with Crippen molar-refractivity contribution in [1.29, 1.82) is 0 Å². The van der Waals surface area contributed by atoms with Gasteiger partial charge in [-0.2, -0.15) is 0 Å². The molecule has 1 aromatic rings. The highest BCUT2D eigenvalue weighted by Gasteiger charge is 2.61. The van der Waals surface area contributed by atoms with Crippen LogP contribution in [0.1, 0.15) is 12.1 Å². The van der Waals surface area contributed by atoms with Gasteiger partial charge in [-0.15, -0.1) is 23.1 Å². The lowest BCUT2D eigenvalue weighted by Crippen LogP contribution is -2.71. The minimum absolute atomic E-state index is 0.0116. The molecule has 0 aromatic carbocycles. The van der Waals surface area contributed by atoms with Crippen molar-refractivity contribution in [2.45, 2.75) is 17.8 Å². The molecule has 5 N–H and O–H groups in total. The van der Waals surface area contributed by atoms with Crippen LogP contribution < -0.4 is 16.4 Å². The number of nitrogens with two attached hydrogens (primary N) is 1. The molecular weight excluding hydrogens is 534 g/mol. The average Bonchev–Trinajstić information content (AvgIpc) is 3.42. The van der Waals surface area contributed by atoms with Crippen molar-refractivity contribution in [1.82, 2.24) is 20.5 Å². The molecular formula is C23H30N7O6S2+. The number of carbonyl (C=O) groups excluding carboxylic acids is 3. The van der Waals surface area contributed by atoms with Gasteiger partial charge < -0.3 is 30.8 Å². The number of β-lactam (4-membered cyclic amide) rings is 1. The summed E-state index contributed by atoms with van der Waals surface area (Å²) in [6.45, 7) is 2.12. The topological polar surface area (TPSA) is 176 Å². The Morgan fingerprint density at radius 2 is 2.13 bits per heavy atom. The van der Waals surface area contributed by atoms with Crippen molar-refractivity contribution >= 4 is 57.6 Å². The van der Waals surface area contributed by atoms with Crippen LogP contribution in [0.25, 0.3) is 0 Å². The Balaban J connectivity index is 1.30. The number of nitrogens with zero attached hydrogens (tertiary/aromatic N) is 4. The Kier molecular flexibility index (Phi) is 6.86. The number of likely N-dealkylation sites (N-methyl/N-ethyl adjacent to an activating group) is 1. The maximum Gasteiger partial charge on any atom is 0.352 e. The van der Waals surface area contributed by atoms with E-state index >= 15 is 0 Å². The second kappa shape index (κ2) is 9.85. The molecule has 3 amide bonds. The number of quaternary nitrogens is 1. The molecule has 2 saturated heterocycles. The van der Waals surface area contributed by atoms with Crippen LogP contribution in [0.4, 0.5) is 5.13 Å². The molecule has 15 heteroatoms. The van der Waals surface area contributed by atoms with E-state index in [9.17, 15) is 24.3 Å². The number of likely N-dealkylation sites (tertiary alicyclic amines) is 1. The summed E-state index contributed by atoms with van der Waals surface area (Å²) < 4.78 is 0.627. The van der Waals surface area contributed by atoms with Crippen LogP contribution in [0.5, 0.6) is 0 Å². The molecule has 0 spiro atoms. The second-order valence-corrected chi connectivity index (χ2v) is 12.2. The summed E-state index contributed by atoms with van der Waals surface area (Å²) in [7, 11) is 5.02. The summed E-state index contributed by atoms with van der Waals surface area (Å²) in [6, 6.07) is -0.915. The summed E-state index contributed by atoms with van der Waals surface area (Å²) in [5.41, 5.74) is 6.43. The number of thioether (sulfide) groups is 1. The van der Waals surface area contributed by atoms with Gasteiger partial charge in [-0.05, 0) is 5.92 Å². The van der Waals surface area contributed by atoms with Crippen LogP contribution in [-0.2, 0) is 24.0 Å². The molecule has 1 saturated carbocycles.